The smallest absolute Gasteiger partial charge is 0.134 e. The minimum Gasteiger partial charge on any atom is -0.309 e. The molecule has 0 amide bonds. The van der Waals surface area contributed by atoms with Crippen LogP contribution in [0.15, 0.2) is 28.1 Å². The normalized spacial score (nSPS) is 19.3. The third-order valence-corrected chi connectivity index (χ3v) is 4.65. The Kier molecular flexibility index (Phi) is 3.46. The van der Waals surface area contributed by atoms with E-state index in [0.29, 0.717) is 11.6 Å². The van der Waals surface area contributed by atoms with Gasteiger partial charge in [0.15, 0.2) is 0 Å². The number of rotatable bonds is 2. The summed E-state index contributed by atoms with van der Waals surface area (Å²) in [5, 5.41) is 6.17. The highest BCUT2D eigenvalue weighted by Crippen LogP contribution is 2.35. The Labute approximate surface area is 117 Å². The molecule has 1 saturated heterocycles. The first-order valence-electron chi connectivity index (χ1n) is 5.89. The van der Waals surface area contributed by atoms with Crippen LogP contribution in [0.1, 0.15) is 24.6 Å². The van der Waals surface area contributed by atoms with Crippen LogP contribution >= 0.6 is 27.3 Å². The molecule has 1 atom stereocenters. The van der Waals surface area contributed by atoms with E-state index < -0.39 is 0 Å². The van der Waals surface area contributed by atoms with Gasteiger partial charge in [0, 0.05) is 9.85 Å². The molecule has 1 aliphatic rings. The van der Waals surface area contributed by atoms with Crippen LogP contribution in [0, 0.1) is 5.82 Å². The van der Waals surface area contributed by atoms with Crippen molar-refractivity contribution in [1.29, 1.82) is 0 Å². The zero-order valence-corrected chi connectivity index (χ0v) is 12.0. The minimum atomic E-state index is -0.232. The number of benzene rings is 1. The lowest BCUT2D eigenvalue weighted by atomic mass is 10.2. The molecule has 1 N–H and O–H groups in total. The van der Waals surface area contributed by atoms with E-state index in [1.807, 2.05) is 11.4 Å². The van der Waals surface area contributed by atoms with Crippen LogP contribution in [-0.4, -0.2) is 11.5 Å². The van der Waals surface area contributed by atoms with Crippen molar-refractivity contribution >= 4 is 27.3 Å². The first-order chi connectivity index (χ1) is 8.75. The zero-order chi connectivity index (χ0) is 12.5. The van der Waals surface area contributed by atoms with Crippen molar-refractivity contribution in [3.8, 4) is 10.6 Å². The SMILES string of the molecule is Fc1cccc(Br)c1-c1nc(C2CCCN2)cs1. The van der Waals surface area contributed by atoms with Gasteiger partial charge in [0.2, 0.25) is 0 Å². The maximum Gasteiger partial charge on any atom is 0.134 e. The molecule has 0 spiro atoms. The Bertz CT molecular complexity index is 544. The molecule has 0 saturated carbocycles. The minimum absolute atomic E-state index is 0.232. The second-order valence-corrected chi connectivity index (χ2v) is 6.04. The van der Waals surface area contributed by atoms with Gasteiger partial charge in [0.05, 0.1) is 17.3 Å². The lowest BCUT2D eigenvalue weighted by molar-refractivity contribution is 0.626. The van der Waals surface area contributed by atoms with Crippen LogP contribution in [0.5, 0.6) is 0 Å². The van der Waals surface area contributed by atoms with E-state index in [2.05, 4.69) is 26.2 Å². The Morgan fingerprint density at radius 1 is 1.44 bits per heavy atom. The van der Waals surface area contributed by atoms with E-state index in [9.17, 15) is 4.39 Å². The quantitative estimate of drug-likeness (QED) is 0.897. The van der Waals surface area contributed by atoms with Gasteiger partial charge in [-0.2, -0.15) is 0 Å². The molecule has 2 heterocycles. The average Bonchev–Trinajstić information content (AvgIpc) is 2.99. The van der Waals surface area contributed by atoms with Crippen LogP contribution < -0.4 is 5.32 Å². The largest absolute Gasteiger partial charge is 0.309 e. The number of nitrogens with one attached hydrogen (secondary N) is 1. The summed E-state index contributed by atoms with van der Waals surface area (Å²) < 4.78 is 14.6. The molecular weight excluding hydrogens is 315 g/mol. The fourth-order valence-electron chi connectivity index (χ4n) is 2.20. The van der Waals surface area contributed by atoms with Gasteiger partial charge in [-0.3, -0.25) is 0 Å². The summed E-state index contributed by atoms with van der Waals surface area (Å²) in [5.41, 5.74) is 1.59. The van der Waals surface area contributed by atoms with Gasteiger partial charge in [0.1, 0.15) is 10.8 Å². The molecular formula is C13H12BrFN2S. The molecule has 2 nitrogen and oxygen atoms in total. The van der Waals surface area contributed by atoms with E-state index in [1.165, 1.54) is 23.8 Å². The Hall–Kier alpha value is -0.780. The van der Waals surface area contributed by atoms with E-state index >= 15 is 0 Å². The van der Waals surface area contributed by atoms with Gasteiger partial charge in [-0.05, 0) is 47.4 Å². The molecule has 0 aliphatic carbocycles. The number of hydrogen-bond donors (Lipinski definition) is 1. The molecule has 5 heteroatoms. The maximum atomic E-state index is 13.8. The molecule has 1 aromatic carbocycles. The van der Waals surface area contributed by atoms with Gasteiger partial charge in [-0.15, -0.1) is 11.3 Å². The summed E-state index contributed by atoms with van der Waals surface area (Å²) in [4.78, 5) is 4.57. The monoisotopic (exact) mass is 326 g/mol. The summed E-state index contributed by atoms with van der Waals surface area (Å²) in [6, 6.07) is 5.33. The fourth-order valence-corrected chi connectivity index (χ4v) is 3.79. The fraction of sp³-hybridized carbons (Fsp3) is 0.308. The summed E-state index contributed by atoms with van der Waals surface area (Å²) in [7, 11) is 0. The van der Waals surface area contributed by atoms with Gasteiger partial charge in [-0.1, -0.05) is 6.07 Å². The van der Waals surface area contributed by atoms with Gasteiger partial charge in [-0.25, -0.2) is 9.37 Å². The molecule has 1 unspecified atom stereocenters. The lowest BCUT2D eigenvalue weighted by Crippen LogP contribution is -2.12. The van der Waals surface area contributed by atoms with Crippen molar-refractivity contribution in [2.24, 2.45) is 0 Å². The lowest BCUT2D eigenvalue weighted by Gasteiger charge is -2.05. The van der Waals surface area contributed by atoms with Crippen molar-refractivity contribution in [3.05, 3.63) is 39.6 Å². The average molecular weight is 327 g/mol. The third-order valence-electron chi connectivity index (χ3n) is 3.12. The Morgan fingerprint density at radius 2 is 2.33 bits per heavy atom. The van der Waals surface area contributed by atoms with Crippen molar-refractivity contribution in [3.63, 3.8) is 0 Å². The number of hydrogen-bond acceptors (Lipinski definition) is 3. The Morgan fingerprint density at radius 3 is 3.06 bits per heavy atom. The summed E-state index contributed by atoms with van der Waals surface area (Å²) in [5.74, 6) is -0.232. The topological polar surface area (TPSA) is 24.9 Å². The first-order valence-corrected chi connectivity index (χ1v) is 7.56. The highest BCUT2D eigenvalue weighted by molar-refractivity contribution is 9.10. The summed E-state index contributed by atoms with van der Waals surface area (Å²) >= 11 is 4.88. The van der Waals surface area contributed by atoms with E-state index in [1.54, 1.807) is 6.07 Å². The number of aromatic nitrogens is 1. The summed E-state index contributed by atoms with van der Waals surface area (Å²) in [6.45, 7) is 1.04. The molecule has 18 heavy (non-hydrogen) atoms. The van der Waals surface area contributed by atoms with E-state index in [0.717, 1.165) is 28.1 Å². The highest BCUT2D eigenvalue weighted by Gasteiger charge is 2.20. The molecule has 1 aromatic heterocycles. The van der Waals surface area contributed by atoms with Crippen molar-refractivity contribution in [2.45, 2.75) is 18.9 Å². The number of thiazole rings is 1. The van der Waals surface area contributed by atoms with E-state index in [-0.39, 0.29) is 5.82 Å². The van der Waals surface area contributed by atoms with Crippen molar-refractivity contribution in [2.75, 3.05) is 6.54 Å². The van der Waals surface area contributed by atoms with Crippen LogP contribution in [0.2, 0.25) is 0 Å². The predicted octanol–water partition coefficient (Wildman–Crippen LogP) is 4.14. The molecule has 94 valence electrons. The predicted molar refractivity (Wildman–Crippen MR) is 75.2 cm³/mol. The molecule has 0 bridgehead atoms. The second-order valence-electron chi connectivity index (χ2n) is 4.32. The number of halogens is 2. The zero-order valence-electron chi connectivity index (χ0n) is 9.62. The van der Waals surface area contributed by atoms with Crippen LogP contribution in [0.4, 0.5) is 4.39 Å². The van der Waals surface area contributed by atoms with E-state index in [4.69, 9.17) is 0 Å². The van der Waals surface area contributed by atoms with Gasteiger partial charge >= 0.3 is 0 Å². The van der Waals surface area contributed by atoms with Crippen molar-refractivity contribution < 1.29 is 4.39 Å². The second kappa shape index (κ2) is 5.07. The molecule has 2 aromatic rings. The number of nitrogens with zero attached hydrogens (tertiary/aromatic N) is 1. The summed E-state index contributed by atoms with van der Waals surface area (Å²) in [6.07, 6.45) is 2.29. The molecule has 1 aliphatic heterocycles. The highest BCUT2D eigenvalue weighted by atomic mass is 79.9. The van der Waals surface area contributed by atoms with Crippen LogP contribution in [-0.2, 0) is 0 Å². The van der Waals surface area contributed by atoms with Gasteiger partial charge in [0.25, 0.3) is 0 Å². The Balaban J connectivity index is 1.97. The van der Waals surface area contributed by atoms with Crippen LogP contribution in [0.3, 0.4) is 0 Å². The molecule has 3 rings (SSSR count). The van der Waals surface area contributed by atoms with Crippen molar-refractivity contribution in [1.82, 2.24) is 10.3 Å². The third kappa shape index (κ3) is 2.22. The maximum absolute atomic E-state index is 13.8. The van der Waals surface area contributed by atoms with Gasteiger partial charge < -0.3 is 5.32 Å². The molecule has 0 radical (unpaired) electrons. The first kappa shape index (κ1) is 12.3. The molecule has 1 fully saturated rings. The standard InChI is InChI=1S/C13H12BrFN2S/c14-8-3-1-4-9(15)12(8)13-17-11(7-18-13)10-5-2-6-16-10/h1,3-4,7,10,16H,2,5-6H2. The van der Waals surface area contributed by atoms with Crippen LogP contribution in [0.25, 0.3) is 10.6 Å².